The van der Waals surface area contributed by atoms with Crippen molar-refractivity contribution in [2.45, 2.75) is 65.0 Å². The van der Waals surface area contributed by atoms with Gasteiger partial charge in [-0.25, -0.2) is 9.79 Å². The summed E-state index contributed by atoms with van der Waals surface area (Å²) in [6, 6.07) is 6.20. The quantitative estimate of drug-likeness (QED) is 0.636. The van der Waals surface area contributed by atoms with Crippen molar-refractivity contribution in [3.8, 4) is 0 Å². The summed E-state index contributed by atoms with van der Waals surface area (Å²) in [6.07, 6.45) is 5.19. The molecule has 6 nitrogen and oxygen atoms in total. The Bertz CT molecular complexity index is 1110. The van der Waals surface area contributed by atoms with E-state index in [-0.39, 0.29) is 24.3 Å². The standard InChI is InChI=1S/C26H31N3O3S/c1-14-5-8-20(15(2)9-14)24-23(25(31)32-4)16(3)27-26-29(24)19(13-33-26)12-22(30)28-21-11-17-6-7-18(21)10-17/h5,8-9,13,17-18,21,24H,6-7,10-12H2,1-4H3,(H,28,30). The summed E-state index contributed by atoms with van der Waals surface area (Å²) < 4.78 is 5.16. The van der Waals surface area contributed by atoms with Gasteiger partial charge in [-0.15, -0.1) is 0 Å². The SMILES string of the molecule is COC(=O)C1=C(C)N=C2SC=C(CC(=O)NC3CC4CCC3C4)N2C1c1ccc(C)cc1C. The van der Waals surface area contributed by atoms with Gasteiger partial charge in [-0.3, -0.25) is 4.79 Å². The largest absolute Gasteiger partial charge is 0.466 e. The zero-order chi connectivity index (χ0) is 23.3. The first-order valence-corrected chi connectivity index (χ1v) is 12.6. The third-order valence-corrected chi connectivity index (χ3v) is 8.44. The number of fused-ring (bicyclic) bond motifs is 3. The maximum atomic E-state index is 13.1. The van der Waals surface area contributed by atoms with Crippen molar-refractivity contribution in [1.82, 2.24) is 10.2 Å². The molecular weight excluding hydrogens is 434 g/mol. The minimum Gasteiger partial charge on any atom is -0.466 e. The van der Waals surface area contributed by atoms with Crippen LogP contribution in [-0.2, 0) is 14.3 Å². The summed E-state index contributed by atoms with van der Waals surface area (Å²) in [7, 11) is 1.40. The van der Waals surface area contributed by atoms with E-state index in [1.165, 1.54) is 38.1 Å². The summed E-state index contributed by atoms with van der Waals surface area (Å²) in [4.78, 5) is 32.7. The van der Waals surface area contributed by atoms with Crippen LogP contribution in [0.4, 0.5) is 0 Å². The Labute approximate surface area is 199 Å². The topological polar surface area (TPSA) is 71.0 Å². The highest BCUT2D eigenvalue weighted by Crippen LogP contribution is 2.46. The number of thioether (sulfide) groups is 1. The van der Waals surface area contributed by atoms with Crippen molar-refractivity contribution in [2.75, 3.05) is 7.11 Å². The molecule has 33 heavy (non-hydrogen) atoms. The summed E-state index contributed by atoms with van der Waals surface area (Å²) in [5.41, 5.74) is 5.34. The Morgan fingerprint density at radius 1 is 1.21 bits per heavy atom. The maximum absolute atomic E-state index is 13.1. The van der Waals surface area contributed by atoms with Gasteiger partial charge in [0, 0.05) is 11.7 Å². The summed E-state index contributed by atoms with van der Waals surface area (Å²) in [5.74, 6) is 1.08. The first-order chi connectivity index (χ1) is 15.9. The number of nitrogens with one attached hydrogen (secondary N) is 1. The minimum absolute atomic E-state index is 0.0471. The number of nitrogens with zero attached hydrogens (tertiary/aromatic N) is 2. The first kappa shape index (κ1) is 22.3. The van der Waals surface area contributed by atoms with E-state index in [2.05, 4.69) is 42.3 Å². The van der Waals surface area contributed by atoms with Crippen LogP contribution in [0.1, 0.15) is 61.8 Å². The zero-order valence-corrected chi connectivity index (χ0v) is 20.5. The number of hydrogen-bond acceptors (Lipinski definition) is 6. The van der Waals surface area contributed by atoms with Crippen molar-refractivity contribution in [2.24, 2.45) is 16.8 Å². The molecule has 4 aliphatic rings. The van der Waals surface area contributed by atoms with Crippen molar-refractivity contribution in [1.29, 1.82) is 0 Å². The van der Waals surface area contributed by atoms with E-state index in [1.54, 1.807) is 0 Å². The second kappa shape index (κ2) is 8.67. The number of esters is 1. The molecule has 2 aliphatic heterocycles. The van der Waals surface area contributed by atoms with Gasteiger partial charge in [0.15, 0.2) is 5.17 Å². The Morgan fingerprint density at radius 2 is 2.03 bits per heavy atom. The van der Waals surface area contributed by atoms with Crippen LogP contribution in [0.25, 0.3) is 0 Å². The molecule has 1 aromatic rings. The zero-order valence-electron chi connectivity index (χ0n) is 19.7. The van der Waals surface area contributed by atoms with Crippen LogP contribution in [0.15, 0.2) is 45.6 Å². The minimum atomic E-state index is -0.386. The number of aliphatic imine (C=N–C) groups is 1. The number of rotatable bonds is 5. The van der Waals surface area contributed by atoms with Crippen molar-refractivity contribution >= 4 is 28.8 Å². The molecule has 174 valence electrons. The number of ether oxygens (including phenoxy) is 1. The van der Waals surface area contributed by atoms with Gasteiger partial charge in [0.05, 0.1) is 30.8 Å². The van der Waals surface area contributed by atoms with Crippen molar-refractivity contribution < 1.29 is 14.3 Å². The van der Waals surface area contributed by atoms with Gasteiger partial charge in [0.25, 0.3) is 0 Å². The normalized spacial score (nSPS) is 27.9. The lowest BCUT2D eigenvalue weighted by Gasteiger charge is -2.37. The average Bonchev–Trinajstić information content (AvgIpc) is 3.49. The molecule has 7 heteroatoms. The fourth-order valence-corrected chi connectivity index (χ4v) is 6.98. The summed E-state index contributed by atoms with van der Waals surface area (Å²) >= 11 is 1.51. The highest BCUT2D eigenvalue weighted by atomic mass is 32.2. The smallest absolute Gasteiger partial charge is 0.338 e. The van der Waals surface area contributed by atoms with E-state index < -0.39 is 0 Å². The average molecular weight is 466 g/mol. The molecule has 2 bridgehead atoms. The third kappa shape index (κ3) is 4.01. The molecule has 1 N–H and O–H groups in total. The van der Waals surface area contributed by atoms with E-state index in [0.29, 0.717) is 23.2 Å². The molecule has 0 spiro atoms. The predicted octanol–water partition coefficient (Wildman–Crippen LogP) is 4.75. The second-order valence-electron chi connectivity index (χ2n) is 9.77. The second-order valence-corrected chi connectivity index (χ2v) is 10.6. The number of amidine groups is 1. The Hall–Kier alpha value is -2.54. The Morgan fingerprint density at radius 3 is 2.70 bits per heavy atom. The van der Waals surface area contributed by atoms with E-state index >= 15 is 0 Å². The number of carbonyl (C=O) groups excluding carboxylic acids is 2. The number of benzene rings is 1. The highest BCUT2D eigenvalue weighted by molar-refractivity contribution is 8.16. The fourth-order valence-electron chi connectivity index (χ4n) is 6.01. The number of aryl methyl sites for hydroxylation is 2. The van der Waals surface area contributed by atoms with Crippen LogP contribution in [0.5, 0.6) is 0 Å². The molecule has 4 atom stereocenters. The lowest BCUT2D eigenvalue weighted by molar-refractivity contribution is -0.136. The molecule has 2 aliphatic carbocycles. The van der Waals surface area contributed by atoms with Gasteiger partial charge < -0.3 is 15.0 Å². The highest BCUT2D eigenvalue weighted by Gasteiger charge is 2.43. The van der Waals surface area contributed by atoms with E-state index in [9.17, 15) is 9.59 Å². The van der Waals surface area contributed by atoms with E-state index in [4.69, 9.17) is 9.73 Å². The van der Waals surface area contributed by atoms with Crippen LogP contribution in [0, 0.1) is 25.7 Å². The lowest BCUT2D eigenvalue weighted by Crippen LogP contribution is -2.41. The molecule has 0 aromatic heterocycles. The lowest BCUT2D eigenvalue weighted by atomic mass is 9.90. The van der Waals surface area contributed by atoms with Gasteiger partial charge in [-0.05, 0) is 68.4 Å². The van der Waals surface area contributed by atoms with Crippen LogP contribution in [-0.4, -0.2) is 35.1 Å². The summed E-state index contributed by atoms with van der Waals surface area (Å²) in [6.45, 7) is 5.98. The molecular formula is C26H31N3O3S. The van der Waals surface area contributed by atoms with Gasteiger partial charge in [0.1, 0.15) is 0 Å². The van der Waals surface area contributed by atoms with E-state index in [0.717, 1.165) is 39.9 Å². The first-order valence-electron chi connectivity index (χ1n) is 11.7. The molecule has 0 saturated heterocycles. The Balaban J connectivity index is 1.44. The van der Waals surface area contributed by atoms with Crippen molar-refractivity contribution in [3.05, 3.63) is 57.3 Å². The maximum Gasteiger partial charge on any atom is 0.338 e. The molecule has 5 rings (SSSR count). The van der Waals surface area contributed by atoms with Crippen LogP contribution >= 0.6 is 11.8 Å². The number of amides is 1. The monoisotopic (exact) mass is 465 g/mol. The number of allylic oxidation sites excluding steroid dienone is 1. The molecule has 1 amide bonds. The van der Waals surface area contributed by atoms with Crippen LogP contribution < -0.4 is 5.32 Å². The van der Waals surface area contributed by atoms with Gasteiger partial charge in [-0.2, -0.15) is 0 Å². The molecule has 2 heterocycles. The van der Waals surface area contributed by atoms with Gasteiger partial charge in [0.2, 0.25) is 5.91 Å². The fraction of sp³-hybridized carbons (Fsp3) is 0.500. The molecule has 4 unspecified atom stereocenters. The van der Waals surface area contributed by atoms with Crippen molar-refractivity contribution in [3.63, 3.8) is 0 Å². The van der Waals surface area contributed by atoms with Gasteiger partial charge in [-0.1, -0.05) is 41.9 Å². The number of carbonyl (C=O) groups is 2. The van der Waals surface area contributed by atoms with E-state index in [1.807, 2.05) is 12.3 Å². The Kier molecular flexibility index (Phi) is 5.85. The number of methoxy groups -OCH3 is 1. The molecule has 0 radical (unpaired) electrons. The third-order valence-electron chi connectivity index (χ3n) is 7.55. The van der Waals surface area contributed by atoms with Gasteiger partial charge >= 0.3 is 5.97 Å². The van der Waals surface area contributed by atoms with Crippen LogP contribution in [0.3, 0.4) is 0 Å². The van der Waals surface area contributed by atoms with Crippen LogP contribution in [0.2, 0.25) is 0 Å². The molecule has 1 aromatic carbocycles. The molecule has 2 saturated carbocycles. The molecule has 2 fully saturated rings. The summed E-state index contributed by atoms with van der Waals surface area (Å²) in [5, 5.41) is 6.10. The predicted molar refractivity (Wildman–Crippen MR) is 130 cm³/mol. The number of hydrogen-bond donors (Lipinski definition) is 1.